The molecule has 2 amide bonds. The zero-order valence-electron chi connectivity index (χ0n) is 10.9. The molecule has 0 aromatic carbocycles. The van der Waals surface area contributed by atoms with Crippen LogP contribution in [-0.4, -0.2) is 37.6 Å². The molecule has 0 spiro atoms. The van der Waals surface area contributed by atoms with Crippen LogP contribution in [0.5, 0.6) is 0 Å². The second-order valence-corrected chi connectivity index (χ2v) is 4.37. The standard InChI is InChI=1S/C13H19N2O3/c1-9-5-4-6-11(7-9)15-13(17)10(2)14-12(16)8-18-3/h5-6,10-11H,7-8H2,1-3H3,(H,14,16)(H,15,17)/t10-,11+/m0/s1. The Bertz CT molecular complexity index is 374. The number of hydrogen-bond acceptors (Lipinski definition) is 3. The van der Waals surface area contributed by atoms with E-state index in [2.05, 4.69) is 21.4 Å². The molecular formula is C13H19N2O3. The summed E-state index contributed by atoms with van der Waals surface area (Å²) in [7, 11) is 1.43. The molecule has 1 radical (unpaired) electrons. The van der Waals surface area contributed by atoms with Gasteiger partial charge in [0.15, 0.2) is 0 Å². The Hall–Kier alpha value is -1.62. The first kappa shape index (κ1) is 14.4. The molecule has 2 N–H and O–H groups in total. The van der Waals surface area contributed by atoms with Crippen LogP contribution in [0.1, 0.15) is 20.3 Å². The van der Waals surface area contributed by atoms with Gasteiger partial charge in [0.25, 0.3) is 0 Å². The normalized spacial score (nSPS) is 19.9. The molecule has 1 aliphatic carbocycles. The number of rotatable bonds is 5. The molecule has 99 valence electrons. The molecule has 0 heterocycles. The predicted octanol–water partition coefficient (Wildman–Crippen LogP) is 0.332. The summed E-state index contributed by atoms with van der Waals surface area (Å²) in [5.41, 5.74) is 1.17. The molecule has 0 saturated carbocycles. The summed E-state index contributed by atoms with van der Waals surface area (Å²) in [6, 6.07) is -0.628. The van der Waals surface area contributed by atoms with Gasteiger partial charge >= 0.3 is 0 Å². The van der Waals surface area contributed by atoms with Gasteiger partial charge in [-0.25, -0.2) is 0 Å². The van der Waals surface area contributed by atoms with Gasteiger partial charge in [-0.3, -0.25) is 9.59 Å². The van der Waals surface area contributed by atoms with Crippen LogP contribution in [0.3, 0.4) is 0 Å². The topological polar surface area (TPSA) is 67.4 Å². The third-order valence-corrected chi connectivity index (χ3v) is 2.54. The number of nitrogens with one attached hydrogen (secondary N) is 2. The number of amides is 2. The number of carbonyl (C=O) groups is 2. The fourth-order valence-corrected chi connectivity index (χ4v) is 1.65. The molecular weight excluding hydrogens is 232 g/mol. The summed E-state index contributed by atoms with van der Waals surface area (Å²) in [4.78, 5) is 23.1. The summed E-state index contributed by atoms with van der Waals surface area (Å²) in [6.45, 7) is 3.58. The minimum atomic E-state index is -0.577. The first-order valence-corrected chi connectivity index (χ1v) is 5.86. The lowest BCUT2D eigenvalue weighted by Crippen LogP contribution is -2.48. The maximum atomic E-state index is 11.8. The summed E-state index contributed by atoms with van der Waals surface area (Å²) < 4.78 is 4.68. The third kappa shape index (κ3) is 4.71. The fraction of sp³-hybridized carbons (Fsp3) is 0.538. The van der Waals surface area contributed by atoms with E-state index in [9.17, 15) is 9.59 Å². The Kier molecular flexibility index (Phi) is 5.58. The second-order valence-electron chi connectivity index (χ2n) is 4.37. The smallest absolute Gasteiger partial charge is 0.246 e. The molecule has 2 atom stereocenters. The van der Waals surface area contributed by atoms with Gasteiger partial charge in [-0.05, 0) is 26.3 Å². The van der Waals surface area contributed by atoms with E-state index in [1.807, 2.05) is 19.1 Å². The summed E-state index contributed by atoms with van der Waals surface area (Å²) in [5, 5.41) is 5.40. The van der Waals surface area contributed by atoms with Crippen molar-refractivity contribution in [2.24, 2.45) is 0 Å². The van der Waals surface area contributed by atoms with Gasteiger partial charge in [-0.15, -0.1) is 0 Å². The molecule has 1 rings (SSSR count). The van der Waals surface area contributed by atoms with Gasteiger partial charge < -0.3 is 15.4 Å². The van der Waals surface area contributed by atoms with E-state index >= 15 is 0 Å². The number of allylic oxidation sites excluding steroid dienone is 2. The fourth-order valence-electron chi connectivity index (χ4n) is 1.65. The number of methoxy groups -OCH3 is 1. The van der Waals surface area contributed by atoms with Crippen molar-refractivity contribution in [2.75, 3.05) is 13.7 Å². The first-order valence-electron chi connectivity index (χ1n) is 5.86. The van der Waals surface area contributed by atoms with Gasteiger partial charge in [0.1, 0.15) is 12.6 Å². The predicted molar refractivity (Wildman–Crippen MR) is 67.6 cm³/mol. The van der Waals surface area contributed by atoms with Crippen molar-refractivity contribution in [3.63, 3.8) is 0 Å². The highest BCUT2D eigenvalue weighted by Crippen LogP contribution is 2.10. The monoisotopic (exact) mass is 251 g/mol. The average Bonchev–Trinajstić information content (AvgIpc) is 2.29. The van der Waals surface area contributed by atoms with E-state index in [1.165, 1.54) is 12.7 Å². The Balaban J connectivity index is 2.38. The molecule has 5 nitrogen and oxygen atoms in total. The van der Waals surface area contributed by atoms with E-state index in [0.717, 1.165) is 6.42 Å². The Morgan fingerprint density at radius 1 is 1.61 bits per heavy atom. The van der Waals surface area contributed by atoms with E-state index in [0.29, 0.717) is 0 Å². The van der Waals surface area contributed by atoms with Crippen LogP contribution in [0.2, 0.25) is 0 Å². The Morgan fingerprint density at radius 2 is 2.33 bits per heavy atom. The van der Waals surface area contributed by atoms with Crippen molar-refractivity contribution in [2.45, 2.75) is 32.4 Å². The summed E-state index contributed by atoms with van der Waals surface area (Å²) in [6.07, 6.45) is 7.47. The zero-order valence-corrected chi connectivity index (χ0v) is 10.9. The van der Waals surface area contributed by atoms with E-state index < -0.39 is 6.04 Å². The van der Waals surface area contributed by atoms with Crippen LogP contribution < -0.4 is 10.6 Å². The minimum Gasteiger partial charge on any atom is -0.375 e. The number of ether oxygens (including phenoxy) is 1. The van der Waals surface area contributed by atoms with Crippen LogP contribution in [0.15, 0.2) is 17.7 Å². The second kappa shape index (κ2) is 6.96. The molecule has 0 saturated heterocycles. The van der Waals surface area contributed by atoms with E-state index in [-0.39, 0.29) is 24.5 Å². The van der Waals surface area contributed by atoms with Gasteiger partial charge in [0, 0.05) is 7.11 Å². The first-order chi connectivity index (χ1) is 8.52. The molecule has 0 aromatic heterocycles. The van der Waals surface area contributed by atoms with Crippen molar-refractivity contribution in [3.8, 4) is 0 Å². The Morgan fingerprint density at radius 3 is 2.94 bits per heavy atom. The average molecular weight is 251 g/mol. The van der Waals surface area contributed by atoms with Crippen LogP contribution in [0.4, 0.5) is 0 Å². The quantitative estimate of drug-likeness (QED) is 0.740. The van der Waals surface area contributed by atoms with Crippen molar-refractivity contribution in [3.05, 3.63) is 23.8 Å². The van der Waals surface area contributed by atoms with Crippen LogP contribution in [0, 0.1) is 6.08 Å². The van der Waals surface area contributed by atoms with Gasteiger partial charge in [0.05, 0.1) is 6.04 Å². The van der Waals surface area contributed by atoms with Gasteiger partial charge in [-0.2, -0.15) is 0 Å². The molecule has 1 aliphatic rings. The van der Waals surface area contributed by atoms with Gasteiger partial charge in [0.2, 0.25) is 11.8 Å². The molecule has 0 fully saturated rings. The van der Waals surface area contributed by atoms with Crippen molar-refractivity contribution >= 4 is 11.8 Å². The summed E-state index contributed by atoms with van der Waals surface area (Å²) >= 11 is 0. The SMILES string of the molecule is COCC(=O)N[C@@H](C)C(=O)N[C@@H]1C=[C]C=C(C)C1. The molecule has 18 heavy (non-hydrogen) atoms. The van der Waals surface area contributed by atoms with Gasteiger partial charge in [-0.1, -0.05) is 17.7 Å². The van der Waals surface area contributed by atoms with Crippen LogP contribution >= 0.6 is 0 Å². The molecule has 0 unspecified atom stereocenters. The summed E-state index contributed by atoms with van der Waals surface area (Å²) in [5.74, 6) is -0.515. The molecule has 0 aliphatic heterocycles. The molecule has 0 aromatic rings. The lowest BCUT2D eigenvalue weighted by atomic mass is 10.0. The highest BCUT2D eigenvalue weighted by Gasteiger charge is 2.18. The van der Waals surface area contributed by atoms with E-state index in [4.69, 9.17) is 0 Å². The molecule has 0 bridgehead atoms. The molecule has 5 heteroatoms. The maximum Gasteiger partial charge on any atom is 0.246 e. The number of hydrogen-bond donors (Lipinski definition) is 2. The lowest BCUT2D eigenvalue weighted by molar-refractivity contribution is -0.130. The van der Waals surface area contributed by atoms with Crippen LogP contribution in [-0.2, 0) is 14.3 Å². The highest BCUT2D eigenvalue weighted by molar-refractivity contribution is 5.87. The third-order valence-electron chi connectivity index (χ3n) is 2.54. The number of carbonyl (C=O) groups excluding carboxylic acids is 2. The Labute approximate surface area is 107 Å². The largest absolute Gasteiger partial charge is 0.375 e. The van der Waals surface area contributed by atoms with Crippen molar-refractivity contribution < 1.29 is 14.3 Å². The van der Waals surface area contributed by atoms with Crippen LogP contribution in [0.25, 0.3) is 0 Å². The maximum absolute atomic E-state index is 11.8. The highest BCUT2D eigenvalue weighted by atomic mass is 16.5. The lowest BCUT2D eigenvalue weighted by Gasteiger charge is -2.20. The zero-order chi connectivity index (χ0) is 13.5. The van der Waals surface area contributed by atoms with E-state index in [1.54, 1.807) is 6.92 Å². The minimum absolute atomic E-state index is 0.0451. The van der Waals surface area contributed by atoms with Crippen molar-refractivity contribution in [1.29, 1.82) is 0 Å². The van der Waals surface area contributed by atoms with Crippen molar-refractivity contribution in [1.82, 2.24) is 10.6 Å².